The molecule has 0 amide bonds. The van der Waals surface area contributed by atoms with Crippen molar-refractivity contribution in [3.05, 3.63) is 24.0 Å². The number of nitrogens with one attached hydrogen (secondary N) is 2. The minimum absolute atomic E-state index is 0.0893. The van der Waals surface area contributed by atoms with E-state index >= 15 is 0 Å². The molecule has 0 aromatic carbocycles. The summed E-state index contributed by atoms with van der Waals surface area (Å²) in [6.07, 6.45) is 5.59. The molecule has 1 aliphatic carbocycles. The molecule has 5 atom stereocenters. The molecule has 1 saturated carbocycles. The summed E-state index contributed by atoms with van der Waals surface area (Å²) in [5.74, 6) is 0.586. The molecule has 8 heteroatoms. The van der Waals surface area contributed by atoms with Gasteiger partial charge >= 0.3 is 0 Å². The van der Waals surface area contributed by atoms with Gasteiger partial charge in [-0.05, 0) is 50.5 Å². The van der Waals surface area contributed by atoms with E-state index < -0.39 is 11.8 Å². The largest absolute Gasteiger partial charge is 0.390 e. The number of aliphatic hydroxyl groups excluding tert-OH is 1. The van der Waals surface area contributed by atoms with Gasteiger partial charge in [0.15, 0.2) is 12.2 Å². The maximum atomic E-state index is 10.9. The second kappa shape index (κ2) is 7.97. The van der Waals surface area contributed by atoms with E-state index in [4.69, 9.17) is 11.5 Å². The predicted molar refractivity (Wildman–Crippen MR) is 112 cm³/mol. The van der Waals surface area contributed by atoms with E-state index in [1.807, 2.05) is 19.2 Å². The fourth-order valence-corrected chi connectivity index (χ4v) is 4.51. The Hall–Kier alpha value is -2.32. The Kier molecular flexibility index (Phi) is 5.81. The van der Waals surface area contributed by atoms with E-state index in [0.717, 1.165) is 42.4 Å². The summed E-state index contributed by atoms with van der Waals surface area (Å²) in [4.78, 5) is 11.3. The minimum Gasteiger partial charge on any atom is -0.390 e. The highest BCUT2D eigenvalue weighted by atomic mass is 16.3. The molecule has 0 spiro atoms. The Morgan fingerprint density at radius 3 is 2.89 bits per heavy atom. The van der Waals surface area contributed by atoms with Gasteiger partial charge in [-0.3, -0.25) is 0 Å². The second-order valence-electron chi connectivity index (χ2n) is 8.28. The van der Waals surface area contributed by atoms with Gasteiger partial charge in [-0.15, -0.1) is 0 Å². The quantitative estimate of drug-likeness (QED) is 0.330. The molecular weight excluding hydrogens is 356 g/mol. The van der Waals surface area contributed by atoms with Crippen LogP contribution in [-0.2, 0) is 0 Å². The van der Waals surface area contributed by atoms with Crippen LogP contribution < -0.4 is 16.8 Å². The Morgan fingerprint density at radius 1 is 1.46 bits per heavy atom. The summed E-state index contributed by atoms with van der Waals surface area (Å²) in [7, 11) is 0. The van der Waals surface area contributed by atoms with Crippen LogP contribution in [0.2, 0.25) is 0 Å². The van der Waals surface area contributed by atoms with Crippen LogP contribution in [0.1, 0.15) is 58.2 Å². The van der Waals surface area contributed by atoms with Gasteiger partial charge in [0.05, 0.1) is 11.3 Å². The number of hydrogen-bond acceptors (Lipinski definition) is 5. The summed E-state index contributed by atoms with van der Waals surface area (Å²) < 4.78 is 0. The molecule has 3 rings (SSSR count). The number of rotatable bonds is 6. The Balaban J connectivity index is 1.92. The molecule has 0 bridgehead atoms. The molecule has 28 heavy (non-hydrogen) atoms. The standard InChI is InChI=1S/C20H32N6O2/c1-4-20(28)8-11(2)7-13(9-20)12(3)25-16-14-5-6-23-17(14)24-10-15(16)18(27)26-19(21)22/h5-6,10-13,18,27-28H,4,7-9H2,1-3H3,(H4,21,22,26)(H2,23,24,25)/t11?,12-,13-,18?,20-/m0/s1. The Morgan fingerprint density at radius 2 is 2.21 bits per heavy atom. The van der Waals surface area contributed by atoms with Crippen molar-refractivity contribution in [3.63, 3.8) is 0 Å². The number of nitrogens with two attached hydrogens (primary N) is 2. The summed E-state index contributed by atoms with van der Waals surface area (Å²) >= 11 is 0. The van der Waals surface area contributed by atoms with E-state index in [2.05, 4.69) is 34.1 Å². The van der Waals surface area contributed by atoms with Crippen molar-refractivity contribution in [2.75, 3.05) is 5.32 Å². The average molecular weight is 389 g/mol. The molecule has 0 radical (unpaired) electrons. The zero-order valence-corrected chi connectivity index (χ0v) is 16.8. The zero-order chi connectivity index (χ0) is 20.5. The van der Waals surface area contributed by atoms with Crippen LogP contribution in [0.3, 0.4) is 0 Å². The highest BCUT2D eigenvalue weighted by Gasteiger charge is 2.38. The molecular formula is C20H32N6O2. The number of anilines is 1. The molecule has 8 N–H and O–H groups in total. The molecule has 2 aromatic rings. The van der Waals surface area contributed by atoms with E-state index in [1.54, 1.807) is 6.20 Å². The van der Waals surface area contributed by atoms with Crippen molar-refractivity contribution in [1.29, 1.82) is 0 Å². The summed E-state index contributed by atoms with van der Waals surface area (Å²) in [5, 5.41) is 25.8. The smallest absolute Gasteiger partial charge is 0.188 e. The number of guanidine groups is 1. The monoisotopic (exact) mass is 388 g/mol. The lowest BCUT2D eigenvalue weighted by Crippen LogP contribution is -2.43. The van der Waals surface area contributed by atoms with Gasteiger partial charge in [0, 0.05) is 29.4 Å². The van der Waals surface area contributed by atoms with Gasteiger partial charge in [-0.1, -0.05) is 13.8 Å². The number of H-pyrrole nitrogens is 1. The van der Waals surface area contributed by atoms with Crippen LogP contribution in [0.4, 0.5) is 5.69 Å². The lowest BCUT2D eigenvalue weighted by atomic mass is 9.70. The van der Waals surface area contributed by atoms with Gasteiger partial charge in [-0.25, -0.2) is 9.98 Å². The molecule has 2 heterocycles. The number of fused-ring (bicyclic) bond motifs is 1. The van der Waals surface area contributed by atoms with Crippen molar-refractivity contribution in [2.45, 2.75) is 64.3 Å². The lowest BCUT2D eigenvalue weighted by Gasteiger charge is -2.42. The molecule has 0 saturated heterocycles. The highest BCUT2D eigenvalue weighted by molar-refractivity contribution is 5.91. The first-order valence-electron chi connectivity index (χ1n) is 9.94. The van der Waals surface area contributed by atoms with Crippen LogP contribution in [0.25, 0.3) is 11.0 Å². The normalized spacial score (nSPS) is 27.3. The number of hydrogen-bond donors (Lipinski definition) is 6. The van der Waals surface area contributed by atoms with E-state index in [0.29, 0.717) is 17.4 Å². The van der Waals surface area contributed by atoms with Crippen molar-refractivity contribution in [3.8, 4) is 0 Å². The summed E-state index contributed by atoms with van der Waals surface area (Å²) in [6.45, 7) is 6.36. The lowest BCUT2D eigenvalue weighted by molar-refractivity contribution is -0.0394. The number of aromatic amines is 1. The Bertz CT molecular complexity index is 846. The second-order valence-corrected chi connectivity index (χ2v) is 8.28. The average Bonchev–Trinajstić information content (AvgIpc) is 3.09. The van der Waals surface area contributed by atoms with Crippen LogP contribution in [0.15, 0.2) is 23.5 Å². The van der Waals surface area contributed by atoms with Gasteiger partial charge in [-0.2, -0.15) is 0 Å². The fraction of sp³-hybridized carbons (Fsp3) is 0.600. The Labute approximate surface area is 165 Å². The van der Waals surface area contributed by atoms with Gasteiger partial charge in [0.1, 0.15) is 5.65 Å². The highest BCUT2D eigenvalue weighted by Crippen LogP contribution is 2.41. The fourth-order valence-electron chi connectivity index (χ4n) is 4.51. The van der Waals surface area contributed by atoms with Crippen molar-refractivity contribution in [2.24, 2.45) is 28.3 Å². The summed E-state index contributed by atoms with van der Waals surface area (Å²) in [6, 6.07) is 2.00. The van der Waals surface area contributed by atoms with Crippen LogP contribution in [0.5, 0.6) is 0 Å². The van der Waals surface area contributed by atoms with Gasteiger partial charge in [0.25, 0.3) is 0 Å². The molecule has 0 aliphatic heterocycles. The third kappa shape index (κ3) is 4.23. The van der Waals surface area contributed by atoms with Crippen LogP contribution in [0, 0.1) is 11.8 Å². The first-order valence-corrected chi connectivity index (χ1v) is 9.94. The molecule has 2 aromatic heterocycles. The predicted octanol–water partition coefficient (Wildman–Crippen LogP) is 2.20. The minimum atomic E-state index is -1.20. The first-order chi connectivity index (χ1) is 13.2. The summed E-state index contributed by atoms with van der Waals surface area (Å²) in [5.41, 5.74) is 12.3. The molecule has 2 unspecified atom stereocenters. The third-order valence-corrected chi connectivity index (χ3v) is 5.98. The number of aliphatic imine (C=N–C) groups is 1. The zero-order valence-electron chi connectivity index (χ0n) is 16.8. The number of aromatic nitrogens is 2. The van der Waals surface area contributed by atoms with Gasteiger partial charge < -0.3 is 32.0 Å². The number of pyridine rings is 1. The van der Waals surface area contributed by atoms with E-state index in [1.165, 1.54) is 0 Å². The van der Waals surface area contributed by atoms with E-state index in [-0.39, 0.29) is 12.0 Å². The SMILES string of the molecule is CC[C@]1(O)CC(C)C[C@H]([C@H](C)Nc2c(C(O)N=C(N)N)cnc3[nH]ccc23)C1. The van der Waals surface area contributed by atoms with Gasteiger partial charge in [0.2, 0.25) is 0 Å². The van der Waals surface area contributed by atoms with Crippen LogP contribution in [-0.4, -0.2) is 37.8 Å². The molecule has 8 nitrogen and oxygen atoms in total. The molecule has 1 fully saturated rings. The molecule has 154 valence electrons. The van der Waals surface area contributed by atoms with Crippen molar-refractivity contribution < 1.29 is 10.2 Å². The number of aliphatic hydroxyl groups is 2. The van der Waals surface area contributed by atoms with E-state index in [9.17, 15) is 10.2 Å². The maximum absolute atomic E-state index is 10.9. The molecule has 1 aliphatic rings. The third-order valence-electron chi connectivity index (χ3n) is 5.98. The topological polar surface area (TPSA) is 146 Å². The first kappa shape index (κ1) is 20.4. The number of nitrogens with zero attached hydrogens (tertiary/aromatic N) is 2. The van der Waals surface area contributed by atoms with Crippen molar-refractivity contribution >= 4 is 22.7 Å². The van der Waals surface area contributed by atoms with Crippen molar-refractivity contribution in [1.82, 2.24) is 9.97 Å². The van der Waals surface area contributed by atoms with Crippen LogP contribution >= 0.6 is 0 Å². The maximum Gasteiger partial charge on any atom is 0.188 e.